The number of nitrogens with two attached hydrogens (primary N) is 1. The fourth-order valence-corrected chi connectivity index (χ4v) is 1.45. The van der Waals surface area contributed by atoms with Crippen LogP contribution >= 0.6 is 0 Å². The Kier molecular flexibility index (Phi) is 2.96. The lowest BCUT2D eigenvalue weighted by atomic mass is 10.0. The van der Waals surface area contributed by atoms with Gasteiger partial charge in [-0.15, -0.1) is 0 Å². The Labute approximate surface area is 79.9 Å². The van der Waals surface area contributed by atoms with E-state index in [1.807, 2.05) is 17.7 Å². The van der Waals surface area contributed by atoms with Crippen LogP contribution in [-0.4, -0.2) is 9.78 Å². The second-order valence-electron chi connectivity index (χ2n) is 3.78. The lowest BCUT2D eigenvalue weighted by Crippen LogP contribution is -2.16. The smallest absolute Gasteiger partial charge is 0.122 e. The minimum absolute atomic E-state index is 0.388. The molecular weight excluding hydrogens is 162 g/mol. The van der Waals surface area contributed by atoms with Crippen LogP contribution < -0.4 is 5.73 Å². The third kappa shape index (κ3) is 2.02. The van der Waals surface area contributed by atoms with E-state index in [9.17, 15) is 0 Å². The predicted molar refractivity (Wildman–Crippen MR) is 55.5 cm³/mol. The number of hydrogen-bond acceptors (Lipinski definition) is 2. The molecule has 0 saturated carbocycles. The van der Waals surface area contributed by atoms with Crippen LogP contribution in [0.5, 0.6) is 0 Å². The molecular formula is C10H19N3. The molecule has 0 aromatic carbocycles. The zero-order chi connectivity index (χ0) is 10.0. The number of hydrogen-bond donors (Lipinski definition) is 1. The molecule has 74 valence electrons. The standard InChI is InChI=1S/C10H19N3/c1-5-7(2)9(4)13-10(11)6-8(3)12-13/h6-7,9H,5,11H2,1-4H3. The van der Waals surface area contributed by atoms with Crippen LogP contribution in [0.2, 0.25) is 0 Å². The van der Waals surface area contributed by atoms with E-state index in [1.54, 1.807) is 0 Å². The predicted octanol–water partition coefficient (Wildman–Crippen LogP) is 2.38. The van der Waals surface area contributed by atoms with Gasteiger partial charge in [0.25, 0.3) is 0 Å². The first kappa shape index (κ1) is 10.1. The van der Waals surface area contributed by atoms with Crippen LogP contribution in [-0.2, 0) is 0 Å². The van der Waals surface area contributed by atoms with E-state index in [0.29, 0.717) is 12.0 Å². The second-order valence-corrected chi connectivity index (χ2v) is 3.78. The zero-order valence-electron chi connectivity index (χ0n) is 8.91. The Hall–Kier alpha value is -0.990. The average Bonchev–Trinajstić information content (AvgIpc) is 2.42. The number of nitrogen functional groups attached to an aromatic ring is 1. The quantitative estimate of drug-likeness (QED) is 0.778. The number of aromatic nitrogens is 2. The summed E-state index contributed by atoms with van der Waals surface area (Å²) >= 11 is 0. The molecule has 0 spiro atoms. The first-order chi connectivity index (χ1) is 6.06. The van der Waals surface area contributed by atoms with Gasteiger partial charge in [-0.25, -0.2) is 4.68 Å². The lowest BCUT2D eigenvalue weighted by molar-refractivity contribution is 0.346. The van der Waals surface area contributed by atoms with Crippen LogP contribution in [0.25, 0.3) is 0 Å². The maximum atomic E-state index is 5.84. The summed E-state index contributed by atoms with van der Waals surface area (Å²) in [5, 5.41) is 4.37. The Morgan fingerprint density at radius 1 is 1.54 bits per heavy atom. The monoisotopic (exact) mass is 181 g/mol. The third-order valence-corrected chi connectivity index (χ3v) is 2.74. The van der Waals surface area contributed by atoms with Crippen molar-refractivity contribution in [2.24, 2.45) is 5.92 Å². The average molecular weight is 181 g/mol. The maximum absolute atomic E-state index is 5.84. The molecule has 1 aromatic rings. The van der Waals surface area contributed by atoms with Crippen LogP contribution in [0.1, 0.15) is 38.9 Å². The van der Waals surface area contributed by atoms with Gasteiger partial charge in [-0.2, -0.15) is 5.10 Å². The molecule has 2 atom stereocenters. The summed E-state index contributed by atoms with van der Waals surface area (Å²) in [4.78, 5) is 0. The van der Waals surface area contributed by atoms with Gasteiger partial charge < -0.3 is 5.73 Å². The van der Waals surface area contributed by atoms with E-state index in [1.165, 1.54) is 0 Å². The van der Waals surface area contributed by atoms with Gasteiger partial charge in [0.15, 0.2) is 0 Å². The maximum Gasteiger partial charge on any atom is 0.122 e. The topological polar surface area (TPSA) is 43.8 Å². The van der Waals surface area contributed by atoms with Crippen LogP contribution in [0.3, 0.4) is 0 Å². The van der Waals surface area contributed by atoms with Crippen molar-refractivity contribution in [1.82, 2.24) is 9.78 Å². The fraction of sp³-hybridized carbons (Fsp3) is 0.700. The minimum atomic E-state index is 0.388. The Balaban J connectivity index is 2.87. The highest BCUT2D eigenvalue weighted by molar-refractivity contribution is 5.30. The summed E-state index contributed by atoms with van der Waals surface area (Å²) in [5.41, 5.74) is 6.83. The molecule has 1 heterocycles. The summed E-state index contributed by atoms with van der Waals surface area (Å²) in [6, 6.07) is 2.30. The second kappa shape index (κ2) is 3.81. The molecule has 0 radical (unpaired) electrons. The van der Waals surface area contributed by atoms with Gasteiger partial charge in [0.05, 0.1) is 11.7 Å². The summed E-state index contributed by atoms with van der Waals surface area (Å²) in [5.74, 6) is 1.38. The summed E-state index contributed by atoms with van der Waals surface area (Å²) < 4.78 is 1.92. The highest BCUT2D eigenvalue weighted by Crippen LogP contribution is 2.22. The van der Waals surface area contributed by atoms with Gasteiger partial charge in [0.1, 0.15) is 5.82 Å². The van der Waals surface area contributed by atoms with Gasteiger partial charge in [0, 0.05) is 6.07 Å². The van der Waals surface area contributed by atoms with Gasteiger partial charge in [-0.3, -0.25) is 0 Å². The van der Waals surface area contributed by atoms with Gasteiger partial charge >= 0.3 is 0 Å². The molecule has 3 heteroatoms. The molecule has 2 N–H and O–H groups in total. The molecule has 0 aliphatic rings. The number of aryl methyl sites for hydroxylation is 1. The number of anilines is 1. The van der Waals surface area contributed by atoms with Crippen molar-refractivity contribution < 1.29 is 0 Å². The van der Waals surface area contributed by atoms with E-state index in [4.69, 9.17) is 5.73 Å². The first-order valence-corrected chi connectivity index (χ1v) is 4.87. The molecule has 2 unspecified atom stereocenters. The first-order valence-electron chi connectivity index (χ1n) is 4.87. The molecule has 0 aliphatic carbocycles. The van der Waals surface area contributed by atoms with Gasteiger partial charge in [-0.05, 0) is 19.8 Å². The third-order valence-electron chi connectivity index (χ3n) is 2.74. The van der Waals surface area contributed by atoms with Gasteiger partial charge in [-0.1, -0.05) is 20.3 Å². The molecule has 1 rings (SSSR count). The fourth-order valence-electron chi connectivity index (χ4n) is 1.45. The normalized spacial score (nSPS) is 15.7. The minimum Gasteiger partial charge on any atom is -0.384 e. The molecule has 0 aliphatic heterocycles. The number of nitrogens with zero attached hydrogens (tertiary/aromatic N) is 2. The van der Waals surface area contributed by atoms with Crippen molar-refractivity contribution in [2.45, 2.75) is 40.2 Å². The summed E-state index contributed by atoms with van der Waals surface area (Å²) in [6.07, 6.45) is 1.15. The van der Waals surface area contributed by atoms with Crippen molar-refractivity contribution >= 4 is 5.82 Å². The highest BCUT2D eigenvalue weighted by atomic mass is 15.3. The van der Waals surface area contributed by atoms with E-state index in [0.717, 1.165) is 17.9 Å². The number of rotatable bonds is 3. The van der Waals surface area contributed by atoms with Crippen molar-refractivity contribution in [3.8, 4) is 0 Å². The molecule has 3 nitrogen and oxygen atoms in total. The van der Waals surface area contributed by atoms with E-state index in [-0.39, 0.29) is 0 Å². The molecule has 0 bridgehead atoms. The van der Waals surface area contributed by atoms with Crippen molar-refractivity contribution in [3.63, 3.8) is 0 Å². The van der Waals surface area contributed by atoms with Crippen LogP contribution in [0.15, 0.2) is 6.07 Å². The zero-order valence-corrected chi connectivity index (χ0v) is 8.91. The van der Waals surface area contributed by atoms with Gasteiger partial charge in [0.2, 0.25) is 0 Å². The highest BCUT2D eigenvalue weighted by Gasteiger charge is 2.15. The molecule has 1 aromatic heterocycles. The van der Waals surface area contributed by atoms with Crippen molar-refractivity contribution in [2.75, 3.05) is 5.73 Å². The van der Waals surface area contributed by atoms with Crippen molar-refractivity contribution in [3.05, 3.63) is 11.8 Å². The Bertz CT molecular complexity index is 278. The molecule has 0 amide bonds. The van der Waals surface area contributed by atoms with E-state index >= 15 is 0 Å². The lowest BCUT2D eigenvalue weighted by Gasteiger charge is -2.19. The van der Waals surface area contributed by atoms with Crippen LogP contribution in [0, 0.1) is 12.8 Å². The summed E-state index contributed by atoms with van der Waals surface area (Å²) in [7, 11) is 0. The summed E-state index contributed by atoms with van der Waals surface area (Å²) in [6.45, 7) is 8.54. The Morgan fingerprint density at radius 2 is 2.15 bits per heavy atom. The van der Waals surface area contributed by atoms with E-state index in [2.05, 4.69) is 25.9 Å². The SMILES string of the molecule is CCC(C)C(C)n1nc(C)cc1N. The molecule has 0 fully saturated rings. The molecule has 0 saturated heterocycles. The Morgan fingerprint density at radius 3 is 2.54 bits per heavy atom. The molecule has 13 heavy (non-hydrogen) atoms. The largest absolute Gasteiger partial charge is 0.384 e. The van der Waals surface area contributed by atoms with E-state index < -0.39 is 0 Å². The van der Waals surface area contributed by atoms with Crippen molar-refractivity contribution in [1.29, 1.82) is 0 Å². The van der Waals surface area contributed by atoms with Crippen LogP contribution in [0.4, 0.5) is 5.82 Å².